The number of rotatable bonds is 11. The monoisotopic (exact) mass is 558 g/mol. The Bertz CT molecular complexity index is 1490. The summed E-state index contributed by atoms with van der Waals surface area (Å²) in [7, 11) is 1.55. The van der Waals surface area contributed by atoms with Gasteiger partial charge in [-0.15, -0.1) is 0 Å². The fraction of sp³-hybridized carbons (Fsp3) is 0.129. The van der Waals surface area contributed by atoms with Gasteiger partial charge in [-0.2, -0.15) is 5.10 Å². The van der Waals surface area contributed by atoms with Crippen LogP contribution >= 0.6 is 11.6 Å². The third-order valence-corrected chi connectivity index (χ3v) is 5.87. The lowest BCUT2D eigenvalue weighted by Gasteiger charge is -2.12. The van der Waals surface area contributed by atoms with Crippen LogP contribution in [0, 0.1) is 0 Å². The van der Waals surface area contributed by atoms with E-state index in [9.17, 15) is 9.59 Å². The van der Waals surface area contributed by atoms with Crippen LogP contribution in [0.3, 0.4) is 0 Å². The van der Waals surface area contributed by atoms with Crippen LogP contribution in [0.2, 0.25) is 5.02 Å². The van der Waals surface area contributed by atoms with Crippen molar-refractivity contribution in [2.24, 2.45) is 5.10 Å². The number of nitrogens with one attached hydrogen (secondary N) is 1. The lowest BCUT2D eigenvalue weighted by atomic mass is 10.2. The number of methoxy groups -OCH3 is 1. The Labute approximate surface area is 237 Å². The van der Waals surface area contributed by atoms with Gasteiger partial charge in [0, 0.05) is 5.02 Å². The van der Waals surface area contributed by atoms with E-state index in [1.54, 1.807) is 86.0 Å². The molecule has 0 fully saturated rings. The smallest absolute Gasteiger partial charge is 0.343 e. The fourth-order valence-electron chi connectivity index (χ4n) is 3.59. The molecule has 0 aliphatic rings. The van der Waals surface area contributed by atoms with Crippen molar-refractivity contribution in [3.8, 4) is 23.0 Å². The van der Waals surface area contributed by atoms with Gasteiger partial charge in [0.15, 0.2) is 11.5 Å². The summed E-state index contributed by atoms with van der Waals surface area (Å²) in [6.45, 7) is 2.46. The number of amides is 1. The summed E-state index contributed by atoms with van der Waals surface area (Å²) >= 11 is 5.93. The molecule has 0 aliphatic carbocycles. The number of carbonyl (C=O) groups excluding carboxylic acids is 2. The molecule has 4 rings (SSSR count). The number of hydrogen-bond acceptors (Lipinski definition) is 7. The molecule has 0 saturated heterocycles. The van der Waals surface area contributed by atoms with E-state index in [4.69, 9.17) is 30.5 Å². The molecule has 0 saturated carbocycles. The summed E-state index contributed by atoms with van der Waals surface area (Å²) < 4.78 is 22.2. The highest BCUT2D eigenvalue weighted by Crippen LogP contribution is 2.29. The highest BCUT2D eigenvalue weighted by molar-refractivity contribution is 6.30. The molecule has 0 atom stereocenters. The molecular weight excluding hydrogens is 532 g/mol. The van der Waals surface area contributed by atoms with Crippen LogP contribution in [-0.2, 0) is 6.61 Å². The van der Waals surface area contributed by atoms with E-state index in [2.05, 4.69) is 10.5 Å². The standard InChI is InChI=1S/C31H27ClN2O6/c1-3-38-29-18-22(10-17-28(29)40-31(36)23-11-15-25(37-2)16-12-23)19-33-34-30(35)26-6-4-5-7-27(26)39-20-21-8-13-24(32)14-9-21/h4-19H,3,20H2,1-2H3,(H,34,35). The van der Waals surface area contributed by atoms with Crippen LogP contribution in [-0.4, -0.2) is 31.8 Å². The third-order valence-electron chi connectivity index (χ3n) is 5.61. The van der Waals surface area contributed by atoms with Gasteiger partial charge in [-0.05, 0) is 84.8 Å². The molecule has 204 valence electrons. The van der Waals surface area contributed by atoms with Crippen molar-refractivity contribution >= 4 is 29.7 Å². The second-order valence-electron chi connectivity index (χ2n) is 8.37. The summed E-state index contributed by atoms with van der Waals surface area (Å²) in [5, 5.41) is 4.71. The fourth-order valence-corrected chi connectivity index (χ4v) is 3.72. The normalized spacial score (nSPS) is 10.7. The van der Waals surface area contributed by atoms with E-state index >= 15 is 0 Å². The molecule has 0 bridgehead atoms. The van der Waals surface area contributed by atoms with Gasteiger partial charge >= 0.3 is 5.97 Å². The SMILES string of the molecule is CCOc1cc(C=NNC(=O)c2ccccc2OCc2ccc(Cl)cc2)ccc1OC(=O)c1ccc(OC)cc1. The highest BCUT2D eigenvalue weighted by atomic mass is 35.5. The van der Waals surface area contributed by atoms with Crippen LogP contribution < -0.4 is 24.4 Å². The molecule has 9 heteroatoms. The van der Waals surface area contributed by atoms with Crippen molar-refractivity contribution in [2.75, 3.05) is 13.7 Å². The van der Waals surface area contributed by atoms with E-state index in [1.807, 2.05) is 19.1 Å². The van der Waals surface area contributed by atoms with Crippen molar-refractivity contribution in [2.45, 2.75) is 13.5 Å². The number of carbonyl (C=O) groups is 2. The molecule has 40 heavy (non-hydrogen) atoms. The number of para-hydroxylation sites is 1. The lowest BCUT2D eigenvalue weighted by Crippen LogP contribution is -2.18. The number of ether oxygens (including phenoxy) is 4. The summed E-state index contributed by atoms with van der Waals surface area (Å²) in [6.07, 6.45) is 1.46. The van der Waals surface area contributed by atoms with E-state index in [1.165, 1.54) is 6.21 Å². The van der Waals surface area contributed by atoms with Crippen LogP contribution in [0.15, 0.2) is 96.1 Å². The molecule has 0 spiro atoms. The van der Waals surface area contributed by atoms with Gasteiger partial charge in [0.05, 0.1) is 31.1 Å². The van der Waals surface area contributed by atoms with Gasteiger partial charge in [-0.25, -0.2) is 10.2 Å². The van der Waals surface area contributed by atoms with Crippen molar-refractivity contribution in [3.05, 3.63) is 118 Å². The van der Waals surface area contributed by atoms with Crippen molar-refractivity contribution in [3.63, 3.8) is 0 Å². The van der Waals surface area contributed by atoms with Crippen LogP contribution in [0.4, 0.5) is 0 Å². The third kappa shape index (κ3) is 7.61. The van der Waals surface area contributed by atoms with E-state index in [0.29, 0.717) is 45.6 Å². The zero-order valence-corrected chi connectivity index (χ0v) is 22.7. The van der Waals surface area contributed by atoms with Gasteiger partial charge < -0.3 is 18.9 Å². The minimum atomic E-state index is -0.533. The Morgan fingerprint density at radius 2 is 1.62 bits per heavy atom. The molecule has 0 aromatic heterocycles. The largest absolute Gasteiger partial charge is 0.497 e. The van der Waals surface area contributed by atoms with Gasteiger partial charge in [0.2, 0.25) is 0 Å². The summed E-state index contributed by atoms with van der Waals surface area (Å²) in [5.74, 6) is 0.714. The van der Waals surface area contributed by atoms with E-state index in [-0.39, 0.29) is 12.4 Å². The topological polar surface area (TPSA) is 95.5 Å². The minimum absolute atomic E-state index is 0.260. The van der Waals surface area contributed by atoms with Crippen LogP contribution in [0.5, 0.6) is 23.0 Å². The van der Waals surface area contributed by atoms with E-state index in [0.717, 1.165) is 5.56 Å². The van der Waals surface area contributed by atoms with Crippen molar-refractivity contribution < 1.29 is 28.5 Å². The molecule has 1 N–H and O–H groups in total. The Balaban J connectivity index is 1.40. The predicted molar refractivity (Wildman–Crippen MR) is 153 cm³/mol. The van der Waals surface area contributed by atoms with Crippen LogP contribution in [0.25, 0.3) is 0 Å². The average Bonchev–Trinajstić information content (AvgIpc) is 2.98. The molecule has 8 nitrogen and oxygen atoms in total. The summed E-state index contributed by atoms with van der Waals surface area (Å²) in [4.78, 5) is 25.4. The molecule has 0 aliphatic heterocycles. The summed E-state index contributed by atoms with van der Waals surface area (Å²) in [6, 6.07) is 25.7. The maximum absolute atomic E-state index is 12.8. The number of esters is 1. The first kappa shape index (κ1) is 28.2. The second kappa shape index (κ2) is 13.8. The first-order valence-electron chi connectivity index (χ1n) is 12.4. The molecule has 1 amide bonds. The highest BCUT2D eigenvalue weighted by Gasteiger charge is 2.14. The molecular formula is C31H27ClN2O6. The first-order chi connectivity index (χ1) is 19.5. The maximum atomic E-state index is 12.8. The number of nitrogens with zero attached hydrogens (tertiary/aromatic N) is 1. The zero-order valence-electron chi connectivity index (χ0n) is 21.9. The lowest BCUT2D eigenvalue weighted by molar-refractivity contribution is 0.0728. The van der Waals surface area contributed by atoms with Gasteiger partial charge in [0.25, 0.3) is 5.91 Å². The number of benzene rings is 4. The minimum Gasteiger partial charge on any atom is -0.497 e. The molecule has 4 aromatic rings. The average molecular weight is 559 g/mol. The van der Waals surface area contributed by atoms with Gasteiger partial charge in [-0.1, -0.05) is 35.9 Å². The van der Waals surface area contributed by atoms with Crippen molar-refractivity contribution in [1.29, 1.82) is 0 Å². The number of halogens is 1. The second-order valence-corrected chi connectivity index (χ2v) is 8.80. The van der Waals surface area contributed by atoms with Gasteiger partial charge in [-0.3, -0.25) is 4.79 Å². The quantitative estimate of drug-likeness (QED) is 0.100. The predicted octanol–water partition coefficient (Wildman–Crippen LogP) is 6.31. The molecule has 4 aromatic carbocycles. The first-order valence-corrected chi connectivity index (χ1v) is 12.8. The summed E-state index contributed by atoms with van der Waals surface area (Å²) in [5.41, 5.74) is 4.77. The maximum Gasteiger partial charge on any atom is 0.343 e. The van der Waals surface area contributed by atoms with E-state index < -0.39 is 11.9 Å². The Morgan fingerprint density at radius 1 is 0.875 bits per heavy atom. The number of hydrogen-bond donors (Lipinski definition) is 1. The Kier molecular flexibility index (Phi) is 9.74. The molecule has 0 heterocycles. The molecule has 0 unspecified atom stereocenters. The van der Waals surface area contributed by atoms with Crippen LogP contribution in [0.1, 0.15) is 38.8 Å². The Hall–Kier alpha value is -4.82. The van der Waals surface area contributed by atoms with Gasteiger partial charge in [0.1, 0.15) is 18.1 Å². The zero-order chi connectivity index (χ0) is 28.3. The Morgan fingerprint density at radius 3 is 2.35 bits per heavy atom. The molecule has 0 radical (unpaired) electrons. The van der Waals surface area contributed by atoms with Crippen molar-refractivity contribution in [1.82, 2.24) is 5.43 Å². The number of hydrazone groups is 1.